The Kier molecular flexibility index (Phi) is 2.90. The zero-order chi connectivity index (χ0) is 9.80. The maximum absolute atomic E-state index is 5.63. The summed E-state index contributed by atoms with van der Waals surface area (Å²) in [4.78, 5) is 15.9. The molecule has 0 aliphatic carbocycles. The van der Waals surface area contributed by atoms with Crippen LogP contribution < -0.4 is 0 Å². The maximum atomic E-state index is 5.63. The summed E-state index contributed by atoms with van der Waals surface area (Å²) in [6, 6.07) is 3.52. The summed E-state index contributed by atoms with van der Waals surface area (Å²) in [6.07, 6.45) is 4.96. The predicted molar refractivity (Wildman–Crippen MR) is 53.2 cm³/mol. The minimum absolute atomic E-state index is 0.228. The lowest BCUT2D eigenvalue weighted by molar-refractivity contribution is 0.955. The van der Waals surface area contributed by atoms with E-state index in [0.717, 1.165) is 5.03 Å². The summed E-state index contributed by atoms with van der Waals surface area (Å²) in [7, 11) is 0. The Morgan fingerprint density at radius 2 is 1.86 bits per heavy atom. The number of rotatable bonds is 2. The van der Waals surface area contributed by atoms with Gasteiger partial charge < -0.3 is 0 Å². The van der Waals surface area contributed by atoms with Crippen molar-refractivity contribution in [3.8, 4) is 0 Å². The fraction of sp³-hybridized carbons (Fsp3) is 0. The van der Waals surface area contributed by atoms with Crippen molar-refractivity contribution in [3.63, 3.8) is 0 Å². The minimum Gasteiger partial charge on any atom is -0.231 e. The molecule has 0 unspecified atom stereocenters. The second-order valence-corrected chi connectivity index (χ2v) is 3.62. The van der Waals surface area contributed by atoms with Crippen LogP contribution in [0.1, 0.15) is 0 Å². The summed E-state index contributed by atoms with van der Waals surface area (Å²) in [6.45, 7) is 0. The number of halogens is 1. The Bertz CT molecular complexity index is 423. The van der Waals surface area contributed by atoms with Crippen molar-refractivity contribution in [2.24, 2.45) is 0 Å². The van der Waals surface area contributed by atoms with Gasteiger partial charge in [0.05, 0.1) is 0 Å². The van der Waals surface area contributed by atoms with Crippen LogP contribution in [0.25, 0.3) is 0 Å². The molecule has 0 radical (unpaired) electrons. The van der Waals surface area contributed by atoms with Crippen LogP contribution in [0.5, 0.6) is 0 Å². The summed E-state index contributed by atoms with van der Waals surface area (Å²) in [5.74, 6) is 0. The topological polar surface area (TPSA) is 51.6 Å². The van der Waals surface area contributed by atoms with E-state index in [0.29, 0.717) is 5.16 Å². The zero-order valence-corrected chi connectivity index (χ0v) is 8.53. The number of nitrogens with zero attached hydrogens (tertiary/aromatic N) is 4. The van der Waals surface area contributed by atoms with Crippen molar-refractivity contribution in [2.75, 3.05) is 0 Å². The second kappa shape index (κ2) is 4.34. The van der Waals surface area contributed by atoms with Gasteiger partial charge in [-0.1, -0.05) is 0 Å². The molecule has 70 valence electrons. The van der Waals surface area contributed by atoms with E-state index in [4.69, 9.17) is 11.6 Å². The molecule has 0 atom stereocenters. The Labute approximate surface area is 89.8 Å². The van der Waals surface area contributed by atoms with Gasteiger partial charge in [0.15, 0.2) is 5.16 Å². The van der Waals surface area contributed by atoms with E-state index in [1.165, 1.54) is 11.8 Å². The van der Waals surface area contributed by atoms with Gasteiger partial charge in [0, 0.05) is 18.6 Å². The molecule has 0 bridgehead atoms. The molecule has 0 aliphatic heterocycles. The molecule has 0 fully saturated rings. The molecular formula is C8H5ClN4S. The monoisotopic (exact) mass is 224 g/mol. The van der Waals surface area contributed by atoms with Crippen molar-refractivity contribution >= 4 is 23.4 Å². The zero-order valence-electron chi connectivity index (χ0n) is 6.96. The van der Waals surface area contributed by atoms with Crippen molar-refractivity contribution in [1.82, 2.24) is 19.9 Å². The molecular weight excluding hydrogens is 220 g/mol. The first kappa shape index (κ1) is 9.36. The quantitative estimate of drug-likeness (QED) is 0.578. The summed E-state index contributed by atoms with van der Waals surface area (Å²) in [5.41, 5.74) is 0. The lowest BCUT2D eigenvalue weighted by Gasteiger charge is -1.97. The predicted octanol–water partition coefficient (Wildman–Crippen LogP) is 2.07. The molecule has 0 spiro atoms. The van der Waals surface area contributed by atoms with Gasteiger partial charge in [0.25, 0.3) is 0 Å². The van der Waals surface area contributed by atoms with Gasteiger partial charge >= 0.3 is 0 Å². The van der Waals surface area contributed by atoms with E-state index < -0.39 is 0 Å². The largest absolute Gasteiger partial charge is 0.231 e. The van der Waals surface area contributed by atoms with Gasteiger partial charge in [0.1, 0.15) is 5.03 Å². The third-order valence-corrected chi connectivity index (χ3v) is 2.35. The molecule has 0 aliphatic rings. The van der Waals surface area contributed by atoms with Crippen LogP contribution in [0.2, 0.25) is 5.28 Å². The Morgan fingerprint density at radius 1 is 1.07 bits per heavy atom. The lowest BCUT2D eigenvalue weighted by atomic mass is 10.7. The third kappa shape index (κ3) is 2.40. The highest BCUT2D eigenvalue weighted by Gasteiger charge is 2.01. The average molecular weight is 225 g/mol. The SMILES string of the molecule is Clc1nccc(Sc2ncccn2)n1. The van der Waals surface area contributed by atoms with E-state index in [9.17, 15) is 0 Å². The Hall–Kier alpha value is -1.20. The molecule has 6 heteroatoms. The molecule has 0 saturated carbocycles. The Morgan fingerprint density at radius 3 is 2.57 bits per heavy atom. The molecule has 4 nitrogen and oxygen atoms in total. The molecule has 2 aromatic rings. The average Bonchev–Trinajstić information content (AvgIpc) is 2.19. The van der Waals surface area contributed by atoms with Crippen molar-refractivity contribution in [1.29, 1.82) is 0 Å². The van der Waals surface area contributed by atoms with E-state index in [2.05, 4.69) is 19.9 Å². The van der Waals surface area contributed by atoms with Crippen LogP contribution in [0.3, 0.4) is 0 Å². The summed E-state index contributed by atoms with van der Waals surface area (Å²) >= 11 is 6.98. The smallest absolute Gasteiger partial charge is 0.223 e. The van der Waals surface area contributed by atoms with Gasteiger partial charge in [-0.3, -0.25) is 0 Å². The highest BCUT2D eigenvalue weighted by atomic mass is 35.5. The van der Waals surface area contributed by atoms with Gasteiger partial charge in [-0.25, -0.2) is 19.9 Å². The fourth-order valence-corrected chi connectivity index (χ4v) is 1.68. The van der Waals surface area contributed by atoms with Gasteiger partial charge in [-0.05, 0) is 35.5 Å². The summed E-state index contributed by atoms with van der Waals surface area (Å²) < 4.78 is 0. The molecule has 0 N–H and O–H groups in total. The molecule has 0 aromatic carbocycles. The summed E-state index contributed by atoms with van der Waals surface area (Å²) in [5, 5.41) is 1.60. The third-order valence-electron chi connectivity index (χ3n) is 1.34. The van der Waals surface area contributed by atoms with E-state index in [1.54, 1.807) is 30.7 Å². The minimum atomic E-state index is 0.228. The van der Waals surface area contributed by atoms with Crippen LogP contribution in [0.4, 0.5) is 0 Å². The highest BCUT2D eigenvalue weighted by molar-refractivity contribution is 7.99. The van der Waals surface area contributed by atoms with Crippen molar-refractivity contribution < 1.29 is 0 Å². The number of hydrogen-bond donors (Lipinski definition) is 0. The van der Waals surface area contributed by atoms with Gasteiger partial charge in [-0.15, -0.1) is 0 Å². The lowest BCUT2D eigenvalue weighted by Crippen LogP contribution is -1.87. The van der Waals surface area contributed by atoms with E-state index in [1.807, 2.05) is 0 Å². The van der Waals surface area contributed by atoms with Crippen LogP contribution in [-0.2, 0) is 0 Å². The van der Waals surface area contributed by atoms with Gasteiger partial charge in [0.2, 0.25) is 5.28 Å². The standard InChI is InChI=1S/C8H5ClN4S/c9-7-10-5-2-6(13-7)14-8-11-3-1-4-12-8/h1-5H. The normalized spacial score (nSPS) is 10.1. The van der Waals surface area contributed by atoms with E-state index >= 15 is 0 Å². The first-order valence-corrected chi connectivity index (χ1v) is 4.97. The molecule has 0 saturated heterocycles. The molecule has 2 aromatic heterocycles. The highest BCUT2D eigenvalue weighted by Crippen LogP contribution is 2.21. The Balaban J connectivity index is 2.19. The molecule has 14 heavy (non-hydrogen) atoms. The fourth-order valence-electron chi connectivity index (χ4n) is 0.808. The van der Waals surface area contributed by atoms with Crippen LogP contribution >= 0.6 is 23.4 Å². The van der Waals surface area contributed by atoms with Crippen LogP contribution in [-0.4, -0.2) is 19.9 Å². The van der Waals surface area contributed by atoms with Crippen molar-refractivity contribution in [2.45, 2.75) is 10.2 Å². The second-order valence-electron chi connectivity index (χ2n) is 2.30. The molecule has 2 heterocycles. The first-order chi connectivity index (χ1) is 6.84. The maximum Gasteiger partial charge on any atom is 0.223 e. The number of hydrogen-bond acceptors (Lipinski definition) is 5. The van der Waals surface area contributed by atoms with Gasteiger partial charge in [-0.2, -0.15) is 0 Å². The molecule has 2 rings (SSSR count). The van der Waals surface area contributed by atoms with E-state index in [-0.39, 0.29) is 5.28 Å². The first-order valence-electron chi connectivity index (χ1n) is 3.78. The number of aromatic nitrogens is 4. The van der Waals surface area contributed by atoms with Crippen molar-refractivity contribution in [3.05, 3.63) is 36.0 Å². The van der Waals surface area contributed by atoms with Crippen LogP contribution in [0.15, 0.2) is 40.9 Å². The molecule has 0 amide bonds. The van der Waals surface area contributed by atoms with Crippen LogP contribution in [0, 0.1) is 0 Å².